The van der Waals surface area contributed by atoms with Gasteiger partial charge in [0.1, 0.15) is 0 Å². The number of amides is 1. The van der Waals surface area contributed by atoms with E-state index in [2.05, 4.69) is 52.3 Å². The van der Waals surface area contributed by atoms with E-state index in [0.29, 0.717) is 5.56 Å². The molecular weight excluding hydrogens is 430 g/mol. The van der Waals surface area contributed by atoms with E-state index in [1.54, 1.807) is 5.56 Å². The van der Waals surface area contributed by atoms with Gasteiger partial charge in [-0.1, -0.05) is 49.6 Å². The molecule has 1 fully saturated rings. The van der Waals surface area contributed by atoms with Crippen LogP contribution in [0.3, 0.4) is 0 Å². The molecule has 0 atom stereocenters. The van der Waals surface area contributed by atoms with Crippen LogP contribution in [-0.4, -0.2) is 23.6 Å². The number of nitrogens with zero attached hydrogens (tertiary/aromatic N) is 1. The number of nitrogens with one attached hydrogen (secondary N) is 1. The van der Waals surface area contributed by atoms with Crippen LogP contribution in [0, 0.1) is 5.92 Å². The number of carbonyl (C=O) groups is 1. The van der Waals surface area contributed by atoms with Crippen LogP contribution in [0.4, 0.5) is 0 Å². The average molecular weight is 470 g/mol. The van der Waals surface area contributed by atoms with Gasteiger partial charge in [-0.2, -0.15) is 0 Å². The second-order valence-electron chi connectivity index (χ2n) is 10.4. The summed E-state index contributed by atoms with van der Waals surface area (Å²) in [6.07, 6.45) is 14.0. The number of primary amides is 1. The number of benzene rings is 2. The van der Waals surface area contributed by atoms with Crippen molar-refractivity contribution in [3.63, 3.8) is 0 Å². The highest BCUT2D eigenvalue weighted by molar-refractivity contribution is 5.93. The zero-order chi connectivity index (χ0) is 24.0. The summed E-state index contributed by atoms with van der Waals surface area (Å²) in [7, 11) is 0. The monoisotopic (exact) mass is 469 g/mol. The van der Waals surface area contributed by atoms with Crippen molar-refractivity contribution in [2.45, 2.75) is 70.6 Å². The molecule has 2 aromatic carbocycles. The maximum Gasteiger partial charge on any atom is 0.248 e. The molecule has 0 aliphatic heterocycles. The van der Waals surface area contributed by atoms with Crippen LogP contribution in [0.5, 0.6) is 0 Å². The fourth-order valence-corrected chi connectivity index (χ4v) is 6.19. The lowest BCUT2D eigenvalue weighted by Crippen LogP contribution is -2.25. The molecular formula is C31H39N3O. The summed E-state index contributed by atoms with van der Waals surface area (Å²) in [4.78, 5) is 11.7. The van der Waals surface area contributed by atoms with Crippen LogP contribution in [-0.2, 0) is 19.3 Å². The number of carbonyl (C=O) groups excluding carboxylic acids is 1. The van der Waals surface area contributed by atoms with Gasteiger partial charge in [0.2, 0.25) is 5.91 Å². The van der Waals surface area contributed by atoms with E-state index < -0.39 is 0 Å². The Morgan fingerprint density at radius 3 is 2.40 bits per heavy atom. The lowest BCUT2D eigenvalue weighted by molar-refractivity contribution is 0.100. The molecule has 1 aromatic heterocycles. The Labute approximate surface area is 209 Å². The van der Waals surface area contributed by atoms with Gasteiger partial charge in [0, 0.05) is 16.9 Å². The molecule has 4 nitrogen and oxygen atoms in total. The molecule has 2 aliphatic carbocycles. The Hall–Kier alpha value is -2.85. The molecule has 1 heterocycles. The first-order valence-corrected chi connectivity index (χ1v) is 13.6. The molecule has 35 heavy (non-hydrogen) atoms. The smallest absolute Gasteiger partial charge is 0.248 e. The van der Waals surface area contributed by atoms with E-state index in [4.69, 9.17) is 5.73 Å². The minimum atomic E-state index is -0.379. The third-order valence-corrected chi connectivity index (χ3v) is 7.98. The molecule has 2 aliphatic rings. The van der Waals surface area contributed by atoms with Crippen molar-refractivity contribution in [1.29, 1.82) is 0 Å². The third kappa shape index (κ3) is 5.38. The van der Waals surface area contributed by atoms with E-state index in [0.717, 1.165) is 43.8 Å². The Kier molecular flexibility index (Phi) is 7.68. The number of hydrogen-bond acceptors (Lipinski definition) is 2. The molecule has 0 saturated heterocycles. The van der Waals surface area contributed by atoms with Crippen LogP contribution < -0.4 is 11.1 Å². The van der Waals surface area contributed by atoms with Crippen molar-refractivity contribution in [2.75, 3.05) is 13.1 Å². The van der Waals surface area contributed by atoms with Crippen LogP contribution >= 0.6 is 0 Å². The predicted molar refractivity (Wildman–Crippen MR) is 144 cm³/mol. The fraction of sp³-hybridized carbons (Fsp3) is 0.452. The standard InChI is InChI=1S/C31H39N3O/c32-31(35)25-17-19-26(20-18-25)34-29-16-8-7-14-27(29)28(30(34)24-12-5-2-6-13-24)15-9-21-33-22-23-10-3-1-4-11-23/h2,5-6,12-13,17-20,23,33H,1,3-4,7-11,14-16,21-22H2,(H2,32,35). The van der Waals surface area contributed by atoms with Crippen molar-refractivity contribution >= 4 is 5.91 Å². The maximum absolute atomic E-state index is 11.7. The largest absolute Gasteiger partial charge is 0.366 e. The van der Waals surface area contributed by atoms with Gasteiger partial charge in [0.05, 0.1) is 5.69 Å². The molecule has 0 spiro atoms. The lowest BCUT2D eigenvalue weighted by atomic mass is 9.89. The van der Waals surface area contributed by atoms with Gasteiger partial charge in [-0.25, -0.2) is 0 Å². The molecule has 0 radical (unpaired) electrons. The van der Waals surface area contributed by atoms with Crippen LogP contribution in [0.25, 0.3) is 16.9 Å². The highest BCUT2D eigenvalue weighted by atomic mass is 16.1. The van der Waals surface area contributed by atoms with Gasteiger partial charge >= 0.3 is 0 Å². The second-order valence-corrected chi connectivity index (χ2v) is 10.4. The van der Waals surface area contributed by atoms with Crippen molar-refractivity contribution in [3.05, 3.63) is 77.0 Å². The molecule has 3 aromatic rings. The second kappa shape index (κ2) is 11.3. The minimum absolute atomic E-state index is 0.379. The summed E-state index contributed by atoms with van der Waals surface area (Å²) in [6.45, 7) is 2.26. The first kappa shape index (κ1) is 23.9. The summed E-state index contributed by atoms with van der Waals surface area (Å²) in [6, 6.07) is 18.7. The third-order valence-electron chi connectivity index (χ3n) is 7.98. The van der Waals surface area contributed by atoms with Gasteiger partial charge in [-0.3, -0.25) is 4.79 Å². The summed E-state index contributed by atoms with van der Waals surface area (Å²) in [5.74, 6) is 0.497. The fourth-order valence-electron chi connectivity index (χ4n) is 6.19. The molecule has 0 unspecified atom stereocenters. The predicted octanol–water partition coefficient (Wildman–Crippen LogP) is 6.22. The van der Waals surface area contributed by atoms with Gasteiger partial charge < -0.3 is 15.6 Å². The van der Waals surface area contributed by atoms with Crippen LogP contribution in [0.15, 0.2) is 54.6 Å². The number of nitrogens with two attached hydrogens (primary N) is 1. The Morgan fingerprint density at radius 2 is 1.66 bits per heavy atom. The number of hydrogen-bond donors (Lipinski definition) is 2. The van der Waals surface area contributed by atoms with E-state index in [-0.39, 0.29) is 5.91 Å². The molecule has 0 bridgehead atoms. The van der Waals surface area contributed by atoms with Gasteiger partial charge in [0.25, 0.3) is 0 Å². The zero-order valence-corrected chi connectivity index (χ0v) is 20.9. The molecule has 1 amide bonds. The molecule has 1 saturated carbocycles. The SMILES string of the molecule is NC(=O)c1ccc(-n2c3c(c(CCCNCC4CCCCC4)c2-c2ccccc2)CCCC3)cc1. The normalized spacial score (nSPS) is 16.2. The summed E-state index contributed by atoms with van der Waals surface area (Å²) in [5.41, 5.74) is 14.3. The topological polar surface area (TPSA) is 60.1 Å². The zero-order valence-electron chi connectivity index (χ0n) is 20.9. The first-order valence-electron chi connectivity index (χ1n) is 13.6. The lowest BCUT2D eigenvalue weighted by Gasteiger charge is -2.21. The average Bonchev–Trinajstić information content (AvgIpc) is 3.24. The molecule has 4 heteroatoms. The molecule has 184 valence electrons. The minimum Gasteiger partial charge on any atom is -0.366 e. The van der Waals surface area contributed by atoms with E-state index in [9.17, 15) is 4.79 Å². The maximum atomic E-state index is 11.7. The van der Waals surface area contributed by atoms with Crippen LogP contribution in [0.2, 0.25) is 0 Å². The van der Waals surface area contributed by atoms with E-state index in [1.807, 2.05) is 12.1 Å². The van der Waals surface area contributed by atoms with E-state index >= 15 is 0 Å². The Morgan fingerprint density at radius 1 is 0.914 bits per heavy atom. The highest BCUT2D eigenvalue weighted by Crippen LogP contribution is 2.39. The highest BCUT2D eigenvalue weighted by Gasteiger charge is 2.26. The number of rotatable bonds is 9. The van der Waals surface area contributed by atoms with Gasteiger partial charge in [-0.05, 0) is 111 Å². The van der Waals surface area contributed by atoms with Gasteiger partial charge in [0.15, 0.2) is 0 Å². The molecule has 3 N–H and O–H groups in total. The quantitative estimate of drug-likeness (QED) is 0.365. The van der Waals surface area contributed by atoms with Crippen molar-refractivity contribution in [3.8, 4) is 16.9 Å². The number of aromatic nitrogens is 1. The van der Waals surface area contributed by atoms with Crippen LogP contribution in [0.1, 0.15) is 78.5 Å². The Balaban J connectivity index is 1.44. The van der Waals surface area contributed by atoms with E-state index in [1.165, 1.54) is 74.0 Å². The summed E-state index contributed by atoms with van der Waals surface area (Å²) >= 11 is 0. The first-order chi connectivity index (χ1) is 17.2. The summed E-state index contributed by atoms with van der Waals surface area (Å²) < 4.78 is 2.47. The van der Waals surface area contributed by atoms with Gasteiger partial charge in [-0.15, -0.1) is 0 Å². The van der Waals surface area contributed by atoms with Crippen molar-refractivity contribution < 1.29 is 4.79 Å². The number of fused-ring (bicyclic) bond motifs is 1. The Bertz CT molecular complexity index is 1120. The summed E-state index contributed by atoms with van der Waals surface area (Å²) in [5, 5.41) is 3.77. The molecule has 5 rings (SSSR count). The van der Waals surface area contributed by atoms with Crippen molar-refractivity contribution in [2.24, 2.45) is 11.7 Å². The van der Waals surface area contributed by atoms with Crippen molar-refractivity contribution in [1.82, 2.24) is 9.88 Å².